The predicted molar refractivity (Wildman–Crippen MR) is 79.4 cm³/mol. The third-order valence-electron chi connectivity index (χ3n) is 3.63. The molecule has 1 saturated heterocycles. The van der Waals surface area contributed by atoms with Crippen LogP contribution in [0.3, 0.4) is 0 Å². The standard InChI is InChI=1S/C15H23N3O2/c1-2-13-11-19-9-7-18(13)8-10-20-14-5-3-12(4-6-14)15(16)17/h3-6,13H,2,7-11H2,1H3,(H3,16,17). The molecule has 1 aromatic rings. The Kier molecular flexibility index (Phi) is 5.38. The van der Waals surface area contributed by atoms with Crippen LogP contribution in [0.4, 0.5) is 0 Å². The predicted octanol–water partition coefficient (Wildman–Crippen LogP) is 1.46. The number of hydrogen-bond acceptors (Lipinski definition) is 4. The van der Waals surface area contributed by atoms with Crippen LogP contribution in [0.2, 0.25) is 0 Å². The highest BCUT2D eigenvalue weighted by Gasteiger charge is 2.20. The van der Waals surface area contributed by atoms with Gasteiger partial charge >= 0.3 is 0 Å². The molecule has 1 heterocycles. The molecular formula is C15H23N3O2. The SMILES string of the molecule is CCC1COCCN1CCOc1ccc(C(=N)N)cc1. The molecule has 0 amide bonds. The van der Waals surface area contributed by atoms with Gasteiger partial charge in [-0.25, -0.2) is 0 Å². The molecule has 0 radical (unpaired) electrons. The molecule has 1 atom stereocenters. The van der Waals surface area contributed by atoms with Gasteiger partial charge in [-0.2, -0.15) is 0 Å². The molecule has 0 bridgehead atoms. The smallest absolute Gasteiger partial charge is 0.122 e. The summed E-state index contributed by atoms with van der Waals surface area (Å²) in [6.07, 6.45) is 1.10. The number of nitrogen functional groups attached to an aromatic ring is 1. The molecule has 110 valence electrons. The summed E-state index contributed by atoms with van der Waals surface area (Å²) in [5.41, 5.74) is 6.14. The van der Waals surface area contributed by atoms with E-state index < -0.39 is 0 Å². The van der Waals surface area contributed by atoms with E-state index in [-0.39, 0.29) is 5.84 Å². The summed E-state index contributed by atoms with van der Waals surface area (Å²) in [5, 5.41) is 7.34. The number of nitrogens with two attached hydrogens (primary N) is 1. The Morgan fingerprint density at radius 3 is 2.85 bits per heavy atom. The van der Waals surface area contributed by atoms with Crippen molar-refractivity contribution in [3.8, 4) is 5.75 Å². The van der Waals surface area contributed by atoms with Crippen molar-refractivity contribution in [1.82, 2.24) is 4.90 Å². The van der Waals surface area contributed by atoms with Crippen molar-refractivity contribution in [1.29, 1.82) is 5.41 Å². The zero-order chi connectivity index (χ0) is 14.4. The van der Waals surface area contributed by atoms with Crippen LogP contribution < -0.4 is 10.5 Å². The van der Waals surface area contributed by atoms with Gasteiger partial charge in [-0.3, -0.25) is 10.3 Å². The Bertz CT molecular complexity index is 433. The van der Waals surface area contributed by atoms with Crippen LogP contribution >= 0.6 is 0 Å². The van der Waals surface area contributed by atoms with Crippen LogP contribution in [0.5, 0.6) is 5.75 Å². The Balaban J connectivity index is 1.78. The van der Waals surface area contributed by atoms with Gasteiger partial charge in [0.15, 0.2) is 0 Å². The van der Waals surface area contributed by atoms with Crippen LogP contribution in [0.15, 0.2) is 24.3 Å². The first kappa shape index (κ1) is 14.8. The third kappa shape index (κ3) is 3.95. The van der Waals surface area contributed by atoms with Gasteiger partial charge in [0.25, 0.3) is 0 Å². The number of amidine groups is 1. The van der Waals surface area contributed by atoms with Gasteiger partial charge < -0.3 is 15.2 Å². The highest BCUT2D eigenvalue weighted by molar-refractivity contribution is 5.94. The molecule has 1 aliphatic heterocycles. The second-order valence-electron chi connectivity index (χ2n) is 4.96. The summed E-state index contributed by atoms with van der Waals surface area (Å²) in [7, 11) is 0. The molecule has 1 aliphatic rings. The Morgan fingerprint density at radius 1 is 1.45 bits per heavy atom. The van der Waals surface area contributed by atoms with E-state index in [0.717, 1.165) is 44.0 Å². The Hall–Kier alpha value is -1.59. The first-order valence-corrected chi connectivity index (χ1v) is 7.09. The normalized spacial score (nSPS) is 19.8. The molecule has 0 aromatic heterocycles. The maximum atomic E-state index is 7.34. The zero-order valence-electron chi connectivity index (χ0n) is 12.0. The van der Waals surface area contributed by atoms with Gasteiger partial charge in [0.1, 0.15) is 18.2 Å². The number of ether oxygens (including phenoxy) is 2. The third-order valence-corrected chi connectivity index (χ3v) is 3.63. The summed E-state index contributed by atoms with van der Waals surface area (Å²) in [4.78, 5) is 2.42. The highest BCUT2D eigenvalue weighted by Crippen LogP contribution is 2.13. The lowest BCUT2D eigenvalue weighted by Crippen LogP contribution is -2.46. The molecule has 5 nitrogen and oxygen atoms in total. The lowest BCUT2D eigenvalue weighted by Gasteiger charge is -2.34. The zero-order valence-corrected chi connectivity index (χ0v) is 12.0. The molecule has 1 unspecified atom stereocenters. The maximum Gasteiger partial charge on any atom is 0.122 e. The molecular weight excluding hydrogens is 254 g/mol. The maximum absolute atomic E-state index is 7.34. The van der Waals surface area contributed by atoms with Crippen LogP contribution in [-0.2, 0) is 4.74 Å². The highest BCUT2D eigenvalue weighted by atomic mass is 16.5. The minimum Gasteiger partial charge on any atom is -0.492 e. The number of benzene rings is 1. The van der Waals surface area contributed by atoms with Crippen molar-refractivity contribution in [3.63, 3.8) is 0 Å². The monoisotopic (exact) mass is 277 g/mol. The van der Waals surface area contributed by atoms with Gasteiger partial charge in [-0.1, -0.05) is 6.92 Å². The second kappa shape index (κ2) is 7.26. The van der Waals surface area contributed by atoms with Crippen LogP contribution in [0.1, 0.15) is 18.9 Å². The fourth-order valence-corrected chi connectivity index (χ4v) is 2.37. The van der Waals surface area contributed by atoms with E-state index in [1.807, 2.05) is 12.1 Å². The van der Waals surface area contributed by atoms with E-state index in [2.05, 4.69) is 11.8 Å². The van der Waals surface area contributed by atoms with Crippen LogP contribution in [-0.4, -0.2) is 49.7 Å². The number of morpholine rings is 1. The molecule has 0 aliphatic carbocycles. The fourth-order valence-electron chi connectivity index (χ4n) is 2.37. The van der Waals surface area contributed by atoms with Crippen LogP contribution in [0, 0.1) is 5.41 Å². The summed E-state index contributed by atoms with van der Waals surface area (Å²) in [6.45, 7) is 6.37. The average molecular weight is 277 g/mol. The number of nitrogens with one attached hydrogen (secondary N) is 1. The Labute approximate surface area is 120 Å². The number of hydrogen-bond donors (Lipinski definition) is 2. The second-order valence-corrected chi connectivity index (χ2v) is 4.96. The minimum atomic E-state index is 0.0793. The van der Waals surface area contributed by atoms with Crippen molar-refractivity contribution < 1.29 is 9.47 Å². The molecule has 5 heteroatoms. The number of nitrogens with zero attached hydrogens (tertiary/aromatic N) is 1. The molecule has 0 spiro atoms. The largest absolute Gasteiger partial charge is 0.492 e. The van der Waals surface area contributed by atoms with Gasteiger partial charge in [-0.15, -0.1) is 0 Å². The van der Waals surface area contributed by atoms with Crippen LogP contribution in [0.25, 0.3) is 0 Å². The lowest BCUT2D eigenvalue weighted by atomic mass is 10.2. The molecule has 3 N–H and O–H groups in total. The molecule has 2 rings (SSSR count). The lowest BCUT2D eigenvalue weighted by molar-refractivity contribution is -0.0132. The summed E-state index contributed by atoms with van der Waals surface area (Å²) in [6, 6.07) is 7.83. The first-order chi connectivity index (χ1) is 9.70. The van der Waals surface area contributed by atoms with E-state index in [9.17, 15) is 0 Å². The first-order valence-electron chi connectivity index (χ1n) is 7.09. The van der Waals surface area contributed by atoms with E-state index in [1.165, 1.54) is 0 Å². The molecule has 20 heavy (non-hydrogen) atoms. The van der Waals surface area contributed by atoms with Gasteiger partial charge in [0.2, 0.25) is 0 Å². The van der Waals surface area contributed by atoms with E-state index >= 15 is 0 Å². The fraction of sp³-hybridized carbons (Fsp3) is 0.533. The van der Waals surface area contributed by atoms with Gasteiger partial charge in [0.05, 0.1) is 13.2 Å². The van der Waals surface area contributed by atoms with Gasteiger partial charge in [0, 0.05) is 24.7 Å². The van der Waals surface area contributed by atoms with Crippen molar-refractivity contribution in [2.45, 2.75) is 19.4 Å². The summed E-state index contributed by atoms with van der Waals surface area (Å²) in [5.74, 6) is 0.895. The van der Waals surface area contributed by atoms with Gasteiger partial charge in [-0.05, 0) is 30.7 Å². The molecule has 1 aromatic carbocycles. The van der Waals surface area contributed by atoms with Crippen molar-refractivity contribution in [3.05, 3.63) is 29.8 Å². The summed E-state index contributed by atoms with van der Waals surface area (Å²) >= 11 is 0. The quantitative estimate of drug-likeness (QED) is 0.610. The summed E-state index contributed by atoms with van der Waals surface area (Å²) < 4.78 is 11.2. The van der Waals surface area contributed by atoms with Crippen molar-refractivity contribution in [2.75, 3.05) is 32.9 Å². The molecule has 1 fully saturated rings. The van der Waals surface area contributed by atoms with E-state index in [0.29, 0.717) is 12.6 Å². The van der Waals surface area contributed by atoms with Crippen molar-refractivity contribution in [2.24, 2.45) is 5.73 Å². The average Bonchev–Trinajstić information content (AvgIpc) is 2.48. The van der Waals surface area contributed by atoms with Crippen molar-refractivity contribution >= 4 is 5.84 Å². The molecule has 0 saturated carbocycles. The topological polar surface area (TPSA) is 71.6 Å². The number of rotatable bonds is 6. The van der Waals surface area contributed by atoms with E-state index in [1.54, 1.807) is 12.1 Å². The van der Waals surface area contributed by atoms with E-state index in [4.69, 9.17) is 20.6 Å². The Morgan fingerprint density at radius 2 is 2.20 bits per heavy atom. The minimum absolute atomic E-state index is 0.0793.